The standard InChI is InChI=1S/C18H21F2N3O5/c1-11-7-13-12(8-14(11)23(25)26)15(5-6-21-13)27-10-18(19,20)9-22-16(24)28-17(2,3)4/h5-8H,9-10H2,1-4H3,(H,22,24). The Labute approximate surface area is 160 Å². The van der Waals surface area contributed by atoms with E-state index in [9.17, 15) is 23.7 Å². The summed E-state index contributed by atoms with van der Waals surface area (Å²) in [5.41, 5.74) is -0.188. The number of nitro groups is 1. The van der Waals surface area contributed by atoms with E-state index >= 15 is 0 Å². The lowest BCUT2D eigenvalue weighted by Crippen LogP contribution is -2.42. The first-order valence-electron chi connectivity index (χ1n) is 8.39. The van der Waals surface area contributed by atoms with E-state index in [0.717, 1.165) is 0 Å². The lowest BCUT2D eigenvalue weighted by molar-refractivity contribution is -0.385. The monoisotopic (exact) mass is 397 g/mol. The third-order valence-electron chi connectivity index (χ3n) is 3.55. The number of hydrogen-bond acceptors (Lipinski definition) is 6. The van der Waals surface area contributed by atoms with Crippen molar-refractivity contribution in [3.63, 3.8) is 0 Å². The summed E-state index contributed by atoms with van der Waals surface area (Å²) in [6.07, 6.45) is 0.396. The second kappa shape index (κ2) is 7.91. The molecule has 10 heteroatoms. The smallest absolute Gasteiger partial charge is 0.407 e. The quantitative estimate of drug-likeness (QED) is 0.584. The predicted molar refractivity (Wildman–Crippen MR) is 97.8 cm³/mol. The van der Waals surface area contributed by atoms with E-state index in [0.29, 0.717) is 11.1 Å². The molecule has 28 heavy (non-hydrogen) atoms. The summed E-state index contributed by atoms with van der Waals surface area (Å²) in [6.45, 7) is 4.38. The lowest BCUT2D eigenvalue weighted by atomic mass is 10.1. The van der Waals surface area contributed by atoms with Crippen molar-refractivity contribution in [3.8, 4) is 5.75 Å². The van der Waals surface area contributed by atoms with Crippen LogP contribution in [0.5, 0.6) is 5.75 Å². The van der Waals surface area contributed by atoms with Gasteiger partial charge in [0.1, 0.15) is 11.4 Å². The molecule has 2 aromatic rings. The van der Waals surface area contributed by atoms with Gasteiger partial charge in [0.15, 0.2) is 6.61 Å². The van der Waals surface area contributed by atoms with Gasteiger partial charge >= 0.3 is 6.09 Å². The second-order valence-electron chi connectivity index (χ2n) is 7.22. The number of amides is 1. The summed E-state index contributed by atoms with van der Waals surface area (Å²) < 4.78 is 38.2. The molecule has 1 aromatic carbocycles. The average Bonchev–Trinajstić information content (AvgIpc) is 2.56. The van der Waals surface area contributed by atoms with E-state index in [2.05, 4.69) is 4.98 Å². The third kappa shape index (κ3) is 5.73. The van der Waals surface area contributed by atoms with Crippen LogP contribution in [0.25, 0.3) is 10.9 Å². The van der Waals surface area contributed by atoms with E-state index in [1.807, 2.05) is 5.32 Å². The van der Waals surface area contributed by atoms with Gasteiger partial charge in [0.25, 0.3) is 11.6 Å². The number of pyridine rings is 1. The number of fused-ring (bicyclic) bond motifs is 1. The van der Waals surface area contributed by atoms with Gasteiger partial charge in [-0.25, -0.2) is 13.6 Å². The molecule has 0 fully saturated rings. The molecular formula is C18H21F2N3O5. The summed E-state index contributed by atoms with van der Waals surface area (Å²) in [6, 6.07) is 4.07. The molecule has 1 heterocycles. The van der Waals surface area contributed by atoms with Gasteiger partial charge < -0.3 is 14.8 Å². The molecule has 0 aliphatic carbocycles. The molecule has 0 spiro atoms. The Kier molecular flexibility index (Phi) is 6.01. The van der Waals surface area contributed by atoms with Gasteiger partial charge in [-0.15, -0.1) is 0 Å². The van der Waals surface area contributed by atoms with E-state index < -0.39 is 35.7 Å². The zero-order valence-corrected chi connectivity index (χ0v) is 15.9. The molecule has 0 aliphatic rings. The number of halogens is 2. The van der Waals surface area contributed by atoms with Crippen molar-refractivity contribution in [1.82, 2.24) is 10.3 Å². The van der Waals surface area contributed by atoms with Crippen molar-refractivity contribution in [3.05, 3.63) is 40.1 Å². The van der Waals surface area contributed by atoms with Crippen LogP contribution in [0, 0.1) is 17.0 Å². The van der Waals surface area contributed by atoms with Crippen molar-refractivity contribution in [2.45, 2.75) is 39.2 Å². The first-order chi connectivity index (χ1) is 12.9. The van der Waals surface area contributed by atoms with Crippen LogP contribution in [0.4, 0.5) is 19.3 Å². The lowest BCUT2D eigenvalue weighted by Gasteiger charge is -2.22. The van der Waals surface area contributed by atoms with Gasteiger partial charge in [0, 0.05) is 23.2 Å². The number of hydrogen-bond donors (Lipinski definition) is 1. The summed E-state index contributed by atoms with van der Waals surface area (Å²) in [5, 5.41) is 13.4. The van der Waals surface area contributed by atoms with Gasteiger partial charge in [0.2, 0.25) is 0 Å². The summed E-state index contributed by atoms with van der Waals surface area (Å²) >= 11 is 0. The van der Waals surface area contributed by atoms with Crippen molar-refractivity contribution in [1.29, 1.82) is 0 Å². The first-order valence-corrected chi connectivity index (χ1v) is 8.39. The number of alkyl halides is 2. The van der Waals surface area contributed by atoms with Crippen LogP contribution >= 0.6 is 0 Å². The highest BCUT2D eigenvalue weighted by atomic mass is 19.3. The maximum absolute atomic E-state index is 14.1. The van der Waals surface area contributed by atoms with E-state index in [-0.39, 0.29) is 16.8 Å². The van der Waals surface area contributed by atoms with Gasteiger partial charge in [-0.3, -0.25) is 15.1 Å². The molecule has 2 rings (SSSR count). The Morgan fingerprint density at radius 1 is 1.32 bits per heavy atom. The van der Waals surface area contributed by atoms with Crippen LogP contribution in [0.15, 0.2) is 24.4 Å². The number of benzene rings is 1. The number of nitrogens with zero attached hydrogens (tertiary/aromatic N) is 2. The molecule has 152 valence electrons. The predicted octanol–water partition coefficient (Wildman–Crippen LogP) is 3.99. The SMILES string of the molecule is Cc1cc2nccc(OCC(F)(F)CNC(=O)OC(C)(C)C)c2cc1[N+](=O)[O-]. The zero-order valence-electron chi connectivity index (χ0n) is 15.9. The molecule has 1 amide bonds. The van der Waals surface area contributed by atoms with Crippen LogP contribution in [0.2, 0.25) is 0 Å². The maximum atomic E-state index is 14.1. The van der Waals surface area contributed by atoms with Crippen molar-refractivity contribution >= 4 is 22.7 Å². The number of aromatic nitrogens is 1. The van der Waals surface area contributed by atoms with Crippen LogP contribution < -0.4 is 10.1 Å². The molecule has 0 aliphatic heterocycles. The minimum atomic E-state index is -3.39. The van der Waals surface area contributed by atoms with E-state index in [4.69, 9.17) is 9.47 Å². The Hall–Kier alpha value is -3.04. The minimum Gasteiger partial charge on any atom is -0.486 e. The van der Waals surface area contributed by atoms with Crippen LogP contribution in [0.3, 0.4) is 0 Å². The number of carbonyl (C=O) groups is 1. The third-order valence-corrected chi connectivity index (χ3v) is 3.55. The summed E-state index contributed by atoms with van der Waals surface area (Å²) in [4.78, 5) is 26.1. The molecule has 0 bridgehead atoms. The molecule has 1 aromatic heterocycles. The molecule has 0 radical (unpaired) electrons. The Balaban J connectivity index is 2.10. The zero-order chi connectivity index (χ0) is 21.1. The Bertz CT molecular complexity index is 897. The molecule has 0 saturated carbocycles. The number of aryl methyl sites for hydroxylation is 1. The number of alkyl carbamates (subject to hydrolysis) is 1. The highest BCUT2D eigenvalue weighted by Crippen LogP contribution is 2.31. The van der Waals surface area contributed by atoms with Crippen LogP contribution in [-0.4, -0.2) is 40.7 Å². The topological polar surface area (TPSA) is 104 Å². The first kappa shape index (κ1) is 21.3. The number of rotatable bonds is 6. The van der Waals surface area contributed by atoms with E-state index in [1.54, 1.807) is 27.7 Å². The molecule has 8 nitrogen and oxygen atoms in total. The largest absolute Gasteiger partial charge is 0.486 e. The highest BCUT2D eigenvalue weighted by Gasteiger charge is 2.32. The average molecular weight is 397 g/mol. The minimum absolute atomic E-state index is 0.0324. The fraction of sp³-hybridized carbons (Fsp3) is 0.444. The number of nitro benzene ring substituents is 1. The Morgan fingerprint density at radius 2 is 2.00 bits per heavy atom. The fourth-order valence-electron chi connectivity index (χ4n) is 2.33. The fourth-order valence-corrected chi connectivity index (χ4v) is 2.33. The molecule has 0 unspecified atom stereocenters. The van der Waals surface area contributed by atoms with Crippen molar-refractivity contribution in [2.75, 3.05) is 13.2 Å². The van der Waals surface area contributed by atoms with Gasteiger partial charge in [0.05, 0.1) is 17.0 Å². The Morgan fingerprint density at radius 3 is 2.61 bits per heavy atom. The molecular weight excluding hydrogens is 376 g/mol. The summed E-state index contributed by atoms with van der Waals surface area (Å²) in [7, 11) is 0. The van der Waals surface area contributed by atoms with Crippen LogP contribution in [0.1, 0.15) is 26.3 Å². The number of nitrogens with one attached hydrogen (secondary N) is 1. The van der Waals surface area contributed by atoms with Crippen molar-refractivity contribution < 1.29 is 28.0 Å². The van der Waals surface area contributed by atoms with Crippen LogP contribution in [-0.2, 0) is 4.74 Å². The summed E-state index contributed by atoms with van der Waals surface area (Å²) in [5.74, 6) is -3.35. The number of carbonyl (C=O) groups excluding carboxylic acids is 1. The van der Waals surface area contributed by atoms with Gasteiger partial charge in [-0.1, -0.05) is 0 Å². The normalized spacial score (nSPS) is 11.9. The maximum Gasteiger partial charge on any atom is 0.407 e. The van der Waals surface area contributed by atoms with Gasteiger partial charge in [-0.05, 0) is 39.8 Å². The molecule has 1 N–H and O–H groups in total. The highest BCUT2D eigenvalue weighted by molar-refractivity contribution is 5.88. The second-order valence-corrected chi connectivity index (χ2v) is 7.22. The van der Waals surface area contributed by atoms with E-state index in [1.165, 1.54) is 24.4 Å². The molecule has 0 saturated heterocycles. The van der Waals surface area contributed by atoms with Gasteiger partial charge in [-0.2, -0.15) is 0 Å². The van der Waals surface area contributed by atoms with Crippen molar-refractivity contribution in [2.24, 2.45) is 0 Å². The number of ether oxygens (including phenoxy) is 2. The molecule has 0 atom stereocenters.